The van der Waals surface area contributed by atoms with Crippen LogP contribution in [0.4, 0.5) is 5.69 Å². The number of nitrogens with one attached hydrogen (secondary N) is 1. The summed E-state index contributed by atoms with van der Waals surface area (Å²) in [5, 5.41) is 3.59. The van der Waals surface area contributed by atoms with Crippen LogP contribution in [0.1, 0.15) is 39.5 Å². The molecular weight excluding hydrogens is 304 g/mol. The van der Waals surface area contributed by atoms with E-state index in [-0.39, 0.29) is 30.3 Å². The van der Waals surface area contributed by atoms with Crippen LogP contribution in [0.15, 0.2) is 29.2 Å². The molecule has 0 saturated heterocycles. The predicted molar refractivity (Wildman–Crippen MR) is 93.2 cm³/mol. The van der Waals surface area contributed by atoms with Crippen molar-refractivity contribution in [3.8, 4) is 0 Å². The van der Waals surface area contributed by atoms with Gasteiger partial charge < -0.3 is 11.1 Å². The molecule has 1 saturated carbocycles. The molecule has 5 heteroatoms. The molecule has 0 spiro atoms. The molecule has 0 aliphatic heterocycles. The van der Waals surface area contributed by atoms with Gasteiger partial charge in [-0.3, -0.25) is 4.79 Å². The summed E-state index contributed by atoms with van der Waals surface area (Å²) in [6.07, 6.45) is 3.87. The van der Waals surface area contributed by atoms with Crippen LogP contribution >= 0.6 is 24.2 Å². The summed E-state index contributed by atoms with van der Waals surface area (Å²) in [4.78, 5) is 13.5. The van der Waals surface area contributed by atoms with E-state index in [0.717, 1.165) is 36.3 Å². The molecule has 118 valence electrons. The van der Waals surface area contributed by atoms with Crippen molar-refractivity contribution in [3.05, 3.63) is 24.3 Å². The van der Waals surface area contributed by atoms with E-state index in [0.29, 0.717) is 5.25 Å². The number of carbonyl (C=O) groups is 1. The minimum atomic E-state index is 0. The van der Waals surface area contributed by atoms with Crippen molar-refractivity contribution in [2.75, 3.05) is 5.32 Å². The number of benzene rings is 1. The molecule has 1 fully saturated rings. The maximum Gasteiger partial charge on any atom is 0.227 e. The van der Waals surface area contributed by atoms with Crippen molar-refractivity contribution in [2.45, 2.75) is 55.7 Å². The number of halogens is 1. The molecule has 0 aromatic heterocycles. The second-order valence-corrected chi connectivity index (χ2v) is 7.39. The third kappa shape index (κ3) is 5.53. The lowest BCUT2D eigenvalue weighted by atomic mass is 9.85. The second-order valence-electron chi connectivity index (χ2n) is 5.78. The van der Waals surface area contributed by atoms with E-state index in [4.69, 9.17) is 5.73 Å². The molecule has 2 unspecified atom stereocenters. The minimum absolute atomic E-state index is 0. The fourth-order valence-electron chi connectivity index (χ4n) is 2.63. The zero-order valence-corrected chi connectivity index (χ0v) is 14.3. The van der Waals surface area contributed by atoms with Gasteiger partial charge in [0.05, 0.1) is 5.69 Å². The number of para-hydroxylation sites is 1. The number of carbonyl (C=O) groups excluding carboxylic acids is 1. The molecule has 2 rings (SSSR count). The summed E-state index contributed by atoms with van der Waals surface area (Å²) in [6.45, 7) is 4.31. The highest BCUT2D eigenvalue weighted by molar-refractivity contribution is 8.00. The first-order valence-electron chi connectivity index (χ1n) is 7.38. The van der Waals surface area contributed by atoms with Crippen molar-refractivity contribution in [3.63, 3.8) is 0 Å². The number of hydrogen-bond acceptors (Lipinski definition) is 3. The topological polar surface area (TPSA) is 55.1 Å². The van der Waals surface area contributed by atoms with Crippen LogP contribution in [0.5, 0.6) is 0 Å². The maximum absolute atomic E-state index is 12.4. The Labute approximate surface area is 137 Å². The molecule has 2 atom stereocenters. The van der Waals surface area contributed by atoms with Crippen LogP contribution in [-0.2, 0) is 4.79 Å². The van der Waals surface area contributed by atoms with E-state index in [9.17, 15) is 4.79 Å². The number of rotatable bonds is 4. The number of amides is 1. The zero-order valence-electron chi connectivity index (χ0n) is 12.7. The van der Waals surface area contributed by atoms with Crippen LogP contribution in [0.3, 0.4) is 0 Å². The summed E-state index contributed by atoms with van der Waals surface area (Å²) in [5.74, 6) is 0.188. The Bertz CT molecular complexity index is 467. The Morgan fingerprint density at radius 2 is 2.05 bits per heavy atom. The van der Waals surface area contributed by atoms with E-state index < -0.39 is 0 Å². The van der Waals surface area contributed by atoms with Crippen molar-refractivity contribution in [1.29, 1.82) is 0 Å². The predicted octanol–water partition coefficient (Wildman–Crippen LogP) is 4.06. The Kier molecular flexibility index (Phi) is 7.57. The van der Waals surface area contributed by atoms with Crippen molar-refractivity contribution in [2.24, 2.45) is 11.7 Å². The fraction of sp³-hybridized carbons (Fsp3) is 0.562. The Morgan fingerprint density at radius 1 is 1.33 bits per heavy atom. The van der Waals surface area contributed by atoms with Gasteiger partial charge >= 0.3 is 0 Å². The molecule has 1 aliphatic carbocycles. The third-order valence-electron chi connectivity index (χ3n) is 3.59. The highest BCUT2D eigenvalue weighted by Gasteiger charge is 2.25. The summed E-state index contributed by atoms with van der Waals surface area (Å²) in [5.41, 5.74) is 6.89. The summed E-state index contributed by atoms with van der Waals surface area (Å²) < 4.78 is 0. The smallest absolute Gasteiger partial charge is 0.227 e. The van der Waals surface area contributed by atoms with Gasteiger partial charge in [-0.25, -0.2) is 0 Å². The van der Waals surface area contributed by atoms with Gasteiger partial charge in [-0.05, 0) is 31.4 Å². The van der Waals surface area contributed by atoms with Crippen LogP contribution in [0.2, 0.25) is 0 Å². The number of nitrogens with two attached hydrogens (primary N) is 1. The largest absolute Gasteiger partial charge is 0.328 e. The van der Waals surface area contributed by atoms with Gasteiger partial charge in [-0.2, -0.15) is 0 Å². The lowest BCUT2D eigenvalue weighted by Crippen LogP contribution is -2.34. The quantitative estimate of drug-likeness (QED) is 0.819. The monoisotopic (exact) mass is 328 g/mol. The van der Waals surface area contributed by atoms with Gasteiger partial charge in [0.1, 0.15) is 0 Å². The SMILES string of the molecule is CC(C)Sc1ccccc1NC(=O)C1CCCC(N)C1.Cl. The van der Waals surface area contributed by atoms with Crippen molar-refractivity contribution in [1.82, 2.24) is 0 Å². The zero-order chi connectivity index (χ0) is 14.5. The number of thioether (sulfide) groups is 1. The molecule has 3 nitrogen and oxygen atoms in total. The van der Waals surface area contributed by atoms with Gasteiger partial charge in [-0.1, -0.05) is 32.4 Å². The molecule has 1 amide bonds. The standard InChI is InChI=1S/C16H24N2OS.ClH/c1-11(2)20-15-9-4-3-8-14(15)18-16(19)12-6-5-7-13(17)10-12;/h3-4,8-9,11-13H,5-7,10,17H2,1-2H3,(H,18,19);1H. The molecule has 3 N–H and O–H groups in total. The summed E-state index contributed by atoms with van der Waals surface area (Å²) in [7, 11) is 0. The van der Waals surface area contributed by atoms with Crippen LogP contribution in [0.25, 0.3) is 0 Å². The van der Waals surface area contributed by atoms with E-state index in [1.807, 2.05) is 18.2 Å². The van der Waals surface area contributed by atoms with Crippen LogP contribution in [0, 0.1) is 5.92 Å². The Balaban J connectivity index is 0.00000220. The van der Waals surface area contributed by atoms with E-state index in [1.165, 1.54) is 0 Å². The molecular formula is C16H25ClN2OS. The second kappa shape index (κ2) is 8.66. The molecule has 1 aromatic rings. The average molecular weight is 329 g/mol. The summed E-state index contributed by atoms with van der Waals surface area (Å²) in [6, 6.07) is 8.20. The van der Waals surface area contributed by atoms with Gasteiger partial charge in [0, 0.05) is 22.1 Å². The Hall–Kier alpha value is -0.710. The van der Waals surface area contributed by atoms with E-state index in [2.05, 4.69) is 25.2 Å². The average Bonchev–Trinajstić information content (AvgIpc) is 2.40. The molecule has 0 radical (unpaired) electrons. The van der Waals surface area contributed by atoms with Crippen LogP contribution < -0.4 is 11.1 Å². The van der Waals surface area contributed by atoms with Crippen molar-refractivity contribution >= 4 is 35.8 Å². The van der Waals surface area contributed by atoms with Crippen molar-refractivity contribution < 1.29 is 4.79 Å². The maximum atomic E-state index is 12.4. The van der Waals surface area contributed by atoms with Gasteiger partial charge in [-0.15, -0.1) is 24.2 Å². The minimum Gasteiger partial charge on any atom is -0.328 e. The highest BCUT2D eigenvalue weighted by Crippen LogP contribution is 2.31. The van der Waals surface area contributed by atoms with Gasteiger partial charge in [0.15, 0.2) is 0 Å². The van der Waals surface area contributed by atoms with Gasteiger partial charge in [0.25, 0.3) is 0 Å². The van der Waals surface area contributed by atoms with Gasteiger partial charge in [0.2, 0.25) is 5.91 Å². The first-order valence-corrected chi connectivity index (χ1v) is 8.26. The van der Waals surface area contributed by atoms with Crippen LogP contribution in [-0.4, -0.2) is 17.2 Å². The molecule has 0 bridgehead atoms. The number of hydrogen-bond donors (Lipinski definition) is 2. The number of anilines is 1. The van der Waals surface area contributed by atoms with E-state index >= 15 is 0 Å². The molecule has 1 aromatic carbocycles. The first kappa shape index (κ1) is 18.3. The lowest BCUT2D eigenvalue weighted by molar-refractivity contribution is -0.120. The Morgan fingerprint density at radius 3 is 2.71 bits per heavy atom. The fourth-order valence-corrected chi connectivity index (χ4v) is 3.54. The third-order valence-corrected chi connectivity index (χ3v) is 4.67. The summed E-state index contributed by atoms with van der Waals surface area (Å²) >= 11 is 1.77. The van der Waals surface area contributed by atoms with E-state index in [1.54, 1.807) is 11.8 Å². The normalized spacial score (nSPS) is 21.7. The first-order chi connectivity index (χ1) is 9.56. The molecule has 21 heavy (non-hydrogen) atoms. The lowest BCUT2D eigenvalue weighted by Gasteiger charge is -2.26. The molecule has 0 heterocycles. The highest BCUT2D eigenvalue weighted by atomic mass is 35.5. The molecule has 1 aliphatic rings.